The highest BCUT2D eigenvalue weighted by Gasteiger charge is 2.29. The zero-order valence-electron chi connectivity index (χ0n) is 16.5. The summed E-state index contributed by atoms with van der Waals surface area (Å²) in [6, 6.07) is 15.5. The highest BCUT2D eigenvalue weighted by Crippen LogP contribution is 2.22. The zero-order valence-corrected chi connectivity index (χ0v) is 18.1. The first-order chi connectivity index (χ1) is 14.9. The average Bonchev–Trinajstić information content (AvgIpc) is 3.18. The molecule has 1 aliphatic rings. The number of aromatic amines is 1. The summed E-state index contributed by atoms with van der Waals surface area (Å²) in [6.45, 7) is 1.55. The van der Waals surface area contributed by atoms with Crippen molar-refractivity contribution in [3.8, 4) is 6.07 Å². The van der Waals surface area contributed by atoms with Crippen molar-refractivity contribution in [1.82, 2.24) is 19.2 Å². The van der Waals surface area contributed by atoms with Gasteiger partial charge in [-0.2, -0.15) is 9.57 Å². The number of nitriles is 1. The number of piperazine rings is 1. The fourth-order valence-electron chi connectivity index (χ4n) is 3.50. The topological polar surface area (TPSA) is 113 Å². The van der Waals surface area contributed by atoms with Crippen LogP contribution in [-0.2, 0) is 10.0 Å². The first-order valence-electron chi connectivity index (χ1n) is 9.64. The molecule has 0 atom stereocenters. The number of hydrogen-bond acceptors (Lipinski definition) is 6. The first-order valence-corrected chi connectivity index (χ1v) is 11.5. The van der Waals surface area contributed by atoms with E-state index in [9.17, 15) is 18.8 Å². The molecule has 10 heteroatoms. The van der Waals surface area contributed by atoms with Gasteiger partial charge in [-0.25, -0.2) is 13.4 Å². The first kappa shape index (κ1) is 21.3. The minimum Gasteiger partial charge on any atom is -0.509 e. The molecular formula is C21H20ClN5O3S. The second-order valence-corrected chi connectivity index (χ2v) is 9.54. The Balaban J connectivity index is 1.45. The Morgan fingerprint density at radius 3 is 2.45 bits per heavy atom. The molecular weight excluding hydrogens is 438 g/mol. The highest BCUT2D eigenvalue weighted by atomic mass is 35.5. The molecule has 0 aliphatic carbocycles. The molecule has 0 unspecified atom stereocenters. The molecule has 0 saturated carbocycles. The van der Waals surface area contributed by atoms with Crippen molar-refractivity contribution in [3.63, 3.8) is 0 Å². The standard InChI is InChI=1S/C21H20ClN5O3S/c22-15-5-7-16(8-6-15)31(29,30)27-11-9-26(10-12-27)14-20(28)17(13-23)21-24-18-3-1-2-4-19(18)25-21/h1-8,28H,9-12,14H2,(H,24,25)/b20-17-. The predicted molar refractivity (Wildman–Crippen MR) is 118 cm³/mol. The number of aromatic nitrogens is 2. The second kappa shape index (κ2) is 8.69. The van der Waals surface area contributed by atoms with E-state index in [0.29, 0.717) is 29.5 Å². The number of para-hydroxylation sites is 2. The van der Waals surface area contributed by atoms with Crippen LogP contribution in [0.2, 0.25) is 5.02 Å². The third-order valence-corrected chi connectivity index (χ3v) is 7.35. The van der Waals surface area contributed by atoms with Crippen molar-refractivity contribution < 1.29 is 13.5 Å². The molecule has 4 rings (SSSR count). The van der Waals surface area contributed by atoms with Crippen molar-refractivity contribution in [1.29, 1.82) is 5.26 Å². The molecule has 160 valence electrons. The van der Waals surface area contributed by atoms with Gasteiger partial charge in [0, 0.05) is 31.2 Å². The largest absolute Gasteiger partial charge is 0.509 e. The van der Waals surface area contributed by atoms with Crippen LogP contribution in [0.25, 0.3) is 16.6 Å². The van der Waals surface area contributed by atoms with Gasteiger partial charge in [0.1, 0.15) is 17.4 Å². The lowest BCUT2D eigenvalue weighted by Gasteiger charge is -2.33. The van der Waals surface area contributed by atoms with Crippen molar-refractivity contribution in [3.05, 3.63) is 65.1 Å². The van der Waals surface area contributed by atoms with Crippen molar-refractivity contribution in [2.45, 2.75) is 4.90 Å². The van der Waals surface area contributed by atoms with Crippen LogP contribution in [-0.4, -0.2) is 65.4 Å². The van der Waals surface area contributed by atoms with Crippen LogP contribution in [0.15, 0.2) is 59.2 Å². The molecule has 8 nitrogen and oxygen atoms in total. The molecule has 0 radical (unpaired) electrons. The van der Waals surface area contributed by atoms with Gasteiger partial charge in [-0.15, -0.1) is 0 Å². The van der Waals surface area contributed by atoms with Crippen LogP contribution >= 0.6 is 11.6 Å². The van der Waals surface area contributed by atoms with E-state index in [4.69, 9.17) is 11.6 Å². The van der Waals surface area contributed by atoms with Gasteiger partial charge in [0.25, 0.3) is 0 Å². The molecule has 0 bridgehead atoms. The number of aliphatic hydroxyl groups excluding tert-OH is 1. The Labute approximate surface area is 185 Å². The van der Waals surface area contributed by atoms with Gasteiger partial charge in [-0.1, -0.05) is 23.7 Å². The predicted octanol–water partition coefficient (Wildman–Crippen LogP) is 3.02. The van der Waals surface area contributed by atoms with E-state index in [1.54, 1.807) is 12.1 Å². The number of fused-ring (bicyclic) bond motifs is 1. The number of nitrogens with one attached hydrogen (secondary N) is 1. The molecule has 2 N–H and O–H groups in total. The fourth-order valence-corrected chi connectivity index (χ4v) is 5.05. The van der Waals surface area contributed by atoms with E-state index in [1.165, 1.54) is 16.4 Å². The number of allylic oxidation sites excluding steroid dienone is 1. The quantitative estimate of drug-likeness (QED) is 0.449. The van der Waals surface area contributed by atoms with Crippen LogP contribution in [0.3, 0.4) is 0 Å². The van der Waals surface area contributed by atoms with E-state index in [2.05, 4.69) is 9.97 Å². The summed E-state index contributed by atoms with van der Waals surface area (Å²) in [6.07, 6.45) is 0. The van der Waals surface area contributed by atoms with Crippen LogP contribution in [0.5, 0.6) is 0 Å². The van der Waals surface area contributed by atoms with Crippen LogP contribution < -0.4 is 0 Å². The zero-order chi connectivity index (χ0) is 22.0. The van der Waals surface area contributed by atoms with E-state index >= 15 is 0 Å². The number of aliphatic hydroxyl groups is 1. The Kier molecular flexibility index (Phi) is 5.98. The number of rotatable bonds is 5. The third-order valence-electron chi connectivity index (χ3n) is 5.18. The minimum absolute atomic E-state index is 0.0763. The second-order valence-electron chi connectivity index (χ2n) is 7.17. The van der Waals surface area contributed by atoms with Gasteiger partial charge in [0.05, 0.1) is 22.5 Å². The van der Waals surface area contributed by atoms with Crippen molar-refractivity contribution >= 4 is 38.2 Å². The van der Waals surface area contributed by atoms with Crippen molar-refractivity contribution in [2.24, 2.45) is 0 Å². The maximum Gasteiger partial charge on any atom is 0.243 e. The Morgan fingerprint density at radius 1 is 1.13 bits per heavy atom. The van der Waals surface area contributed by atoms with Crippen LogP contribution in [0.1, 0.15) is 5.82 Å². The van der Waals surface area contributed by atoms with Gasteiger partial charge >= 0.3 is 0 Å². The lowest BCUT2D eigenvalue weighted by Crippen LogP contribution is -2.49. The van der Waals surface area contributed by atoms with Gasteiger partial charge in [0.15, 0.2) is 5.82 Å². The highest BCUT2D eigenvalue weighted by molar-refractivity contribution is 7.89. The van der Waals surface area contributed by atoms with Gasteiger partial charge in [-0.3, -0.25) is 4.90 Å². The number of H-pyrrole nitrogens is 1. The maximum absolute atomic E-state index is 12.8. The molecule has 3 aromatic rings. The molecule has 1 aromatic heterocycles. The average molecular weight is 458 g/mol. The summed E-state index contributed by atoms with van der Waals surface area (Å²) in [7, 11) is -3.60. The number of hydrogen-bond donors (Lipinski definition) is 2. The van der Waals surface area contributed by atoms with Gasteiger partial charge in [0.2, 0.25) is 10.0 Å². The summed E-state index contributed by atoms with van der Waals surface area (Å²) >= 11 is 5.85. The lowest BCUT2D eigenvalue weighted by atomic mass is 10.2. The van der Waals surface area contributed by atoms with E-state index in [0.717, 1.165) is 5.52 Å². The van der Waals surface area contributed by atoms with Crippen molar-refractivity contribution in [2.75, 3.05) is 32.7 Å². The normalized spacial score (nSPS) is 16.8. The number of nitrogens with zero attached hydrogens (tertiary/aromatic N) is 4. The van der Waals surface area contributed by atoms with Crippen LogP contribution in [0, 0.1) is 11.3 Å². The Bertz CT molecular complexity index is 1240. The van der Waals surface area contributed by atoms with Gasteiger partial charge in [-0.05, 0) is 36.4 Å². The molecule has 1 fully saturated rings. The van der Waals surface area contributed by atoms with E-state index < -0.39 is 10.0 Å². The lowest BCUT2D eigenvalue weighted by molar-refractivity contribution is 0.182. The Hall–Kier alpha value is -2.90. The molecule has 2 aromatic carbocycles. The third kappa shape index (κ3) is 4.43. The smallest absolute Gasteiger partial charge is 0.243 e. The summed E-state index contributed by atoms with van der Waals surface area (Å²) < 4.78 is 27.0. The fraction of sp³-hybridized carbons (Fsp3) is 0.238. The molecule has 2 heterocycles. The molecule has 1 saturated heterocycles. The minimum atomic E-state index is -3.60. The number of benzene rings is 2. The summed E-state index contributed by atoms with van der Waals surface area (Å²) in [4.78, 5) is 9.52. The molecule has 31 heavy (non-hydrogen) atoms. The molecule has 1 aliphatic heterocycles. The van der Waals surface area contributed by atoms with E-state index in [-0.39, 0.29) is 35.9 Å². The van der Waals surface area contributed by atoms with E-state index in [1.807, 2.05) is 35.2 Å². The SMILES string of the molecule is N#C/C(=C(/O)CN1CCN(S(=O)(=O)c2ccc(Cl)cc2)CC1)c1nc2ccccc2[nH]1. The monoisotopic (exact) mass is 457 g/mol. The maximum atomic E-state index is 12.8. The number of halogens is 1. The number of imidazole rings is 1. The molecule has 0 spiro atoms. The summed E-state index contributed by atoms with van der Waals surface area (Å²) in [5.41, 5.74) is 1.56. The number of sulfonamides is 1. The molecule has 0 amide bonds. The van der Waals surface area contributed by atoms with Gasteiger partial charge < -0.3 is 10.1 Å². The van der Waals surface area contributed by atoms with Crippen LogP contribution in [0.4, 0.5) is 0 Å². The summed E-state index contributed by atoms with van der Waals surface area (Å²) in [5, 5.41) is 20.6. The summed E-state index contributed by atoms with van der Waals surface area (Å²) in [5.74, 6) is 0.209. The Morgan fingerprint density at radius 2 is 1.81 bits per heavy atom.